The van der Waals surface area contributed by atoms with Crippen molar-refractivity contribution in [2.75, 3.05) is 18.5 Å². The highest BCUT2D eigenvalue weighted by atomic mass is 79.9. The largest absolute Gasteiger partial charge is 0.494 e. The van der Waals surface area contributed by atoms with E-state index < -0.39 is 0 Å². The van der Waals surface area contributed by atoms with Gasteiger partial charge in [-0.2, -0.15) is 0 Å². The van der Waals surface area contributed by atoms with Crippen LogP contribution in [0.15, 0.2) is 34.7 Å². The predicted molar refractivity (Wildman–Crippen MR) is 67.5 cm³/mol. The van der Waals surface area contributed by atoms with Gasteiger partial charge in [0.05, 0.1) is 5.69 Å². The summed E-state index contributed by atoms with van der Waals surface area (Å²) in [5.41, 5.74) is 1.82. The number of anilines is 1. The van der Waals surface area contributed by atoms with Crippen LogP contribution in [0.2, 0.25) is 0 Å². The number of halogens is 1. The maximum Gasteiger partial charge on any atom is 0.294 e. The maximum atomic E-state index is 11.8. The first-order chi connectivity index (χ1) is 8.16. The molecule has 90 valence electrons. The van der Waals surface area contributed by atoms with Gasteiger partial charge in [0.2, 0.25) is 5.76 Å². The third-order valence-corrected chi connectivity index (χ3v) is 2.90. The van der Waals surface area contributed by atoms with Crippen LogP contribution in [0.3, 0.4) is 0 Å². The van der Waals surface area contributed by atoms with Gasteiger partial charge in [0.25, 0.3) is 5.91 Å². The molecule has 0 fully saturated rings. The Morgan fingerprint density at radius 2 is 2.24 bits per heavy atom. The van der Waals surface area contributed by atoms with Crippen LogP contribution in [0.4, 0.5) is 5.69 Å². The molecule has 0 saturated heterocycles. The number of hydrogen-bond donors (Lipinski definition) is 1. The van der Waals surface area contributed by atoms with Crippen molar-refractivity contribution < 1.29 is 14.3 Å². The molecule has 0 spiro atoms. The standard InChI is InChI=1S/C12H12BrNO3/c1-8-2-3-10(9(13)6-8)14-12(15)11-7-16-4-5-17-11/h2-3,6-7H,4-5H2,1H3,(H,14,15). The van der Waals surface area contributed by atoms with Crippen molar-refractivity contribution >= 4 is 27.5 Å². The van der Waals surface area contributed by atoms with Crippen molar-refractivity contribution in [1.29, 1.82) is 0 Å². The maximum absolute atomic E-state index is 11.8. The first-order valence-electron chi connectivity index (χ1n) is 5.19. The lowest BCUT2D eigenvalue weighted by atomic mass is 10.2. The van der Waals surface area contributed by atoms with Gasteiger partial charge in [0.15, 0.2) is 0 Å². The van der Waals surface area contributed by atoms with E-state index in [1.54, 1.807) is 0 Å². The zero-order valence-corrected chi connectivity index (χ0v) is 10.9. The summed E-state index contributed by atoms with van der Waals surface area (Å²) in [4.78, 5) is 11.8. The van der Waals surface area contributed by atoms with Gasteiger partial charge in [-0.05, 0) is 40.5 Å². The molecule has 0 radical (unpaired) electrons. The minimum Gasteiger partial charge on any atom is -0.494 e. The SMILES string of the molecule is Cc1ccc(NC(=O)C2=COCCO2)c(Br)c1. The van der Waals surface area contributed by atoms with Crippen molar-refractivity contribution in [1.82, 2.24) is 0 Å². The molecule has 2 rings (SSSR count). The zero-order chi connectivity index (χ0) is 12.3. The summed E-state index contributed by atoms with van der Waals surface area (Å²) in [6, 6.07) is 5.69. The zero-order valence-electron chi connectivity index (χ0n) is 9.33. The lowest BCUT2D eigenvalue weighted by Crippen LogP contribution is -2.21. The minimum absolute atomic E-state index is 0.198. The van der Waals surface area contributed by atoms with Crippen molar-refractivity contribution in [3.8, 4) is 0 Å². The van der Waals surface area contributed by atoms with Crippen molar-refractivity contribution in [2.45, 2.75) is 6.92 Å². The third-order valence-electron chi connectivity index (χ3n) is 2.25. The van der Waals surface area contributed by atoms with E-state index in [-0.39, 0.29) is 11.7 Å². The average molecular weight is 298 g/mol. The topological polar surface area (TPSA) is 47.6 Å². The number of aryl methyl sites for hydroxylation is 1. The number of rotatable bonds is 2. The van der Waals surface area contributed by atoms with Crippen LogP contribution in [-0.4, -0.2) is 19.1 Å². The molecule has 0 aromatic heterocycles. The fourth-order valence-electron chi connectivity index (χ4n) is 1.39. The lowest BCUT2D eigenvalue weighted by molar-refractivity contribution is -0.117. The van der Waals surface area contributed by atoms with Gasteiger partial charge < -0.3 is 14.8 Å². The fraction of sp³-hybridized carbons (Fsp3) is 0.250. The van der Waals surface area contributed by atoms with E-state index in [1.165, 1.54) is 6.26 Å². The second-order valence-electron chi connectivity index (χ2n) is 3.64. The summed E-state index contributed by atoms with van der Waals surface area (Å²) in [7, 11) is 0. The van der Waals surface area contributed by atoms with Gasteiger partial charge in [-0.15, -0.1) is 0 Å². The van der Waals surface area contributed by atoms with Gasteiger partial charge in [-0.3, -0.25) is 4.79 Å². The third kappa shape index (κ3) is 3.00. The number of hydrogen-bond acceptors (Lipinski definition) is 3. The molecule has 0 atom stereocenters. The monoisotopic (exact) mass is 297 g/mol. The molecule has 0 bridgehead atoms. The smallest absolute Gasteiger partial charge is 0.294 e. The van der Waals surface area contributed by atoms with E-state index in [4.69, 9.17) is 9.47 Å². The summed E-state index contributed by atoms with van der Waals surface area (Å²) in [5.74, 6) is -0.113. The van der Waals surface area contributed by atoms with Gasteiger partial charge in [-0.25, -0.2) is 0 Å². The Morgan fingerprint density at radius 3 is 2.88 bits per heavy atom. The molecule has 1 amide bonds. The van der Waals surface area contributed by atoms with Crippen LogP contribution in [0, 0.1) is 6.92 Å². The summed E-state index contributed by atoms with van der Waals surface area (Å²) in [6.45, 7) is 2.86. The van der Waals surface area contributed by atoms with E-state index in [9.17, 15) is 4.79 Å². The molecule has 0 unspecified atom stereocenters. The van der Waals surface area contributed by atoms with Crippen molar-refractivity contribution in [3.05, 3.63) is 40.3 Å². The Kier molecular flexibility index (Phi) is 3.68. The van der Waals surface area contributed by atoms with E-state index >= 15 is 0 Å². The number of carbonyl (C=O) groups is 1. The molecule has 0 saturated carbocycles. The van der Waals surface area contributed by atoms with E-state index in [0.29, 0.717) is 18.9 Å². The van der Waals surface area contributed by atoms with Crippen LogP contribution >= 0.6 is 15.9 Å². The number of benzene rings is 1. The molecule has 4 nitrogen and oxygen atoms in total. The van der Waals surface area contributed by atoms with E-state index in [2.05, 4.69) is 21.2 Å². The summed E-state index contributed by atoms with van der Waals surface area (Å²) >= 11 is 3.39. The van der Waals surface area contributed by atoms with Gasteiger partial charge in [-0.1, -0.05) is 6.07 Å². The highest BCUT2D eigenvalue weighted by molar-refractivity contribution is 9.10. The minimum atomic E-state index is -0.311. The molecular weight excluding hydrogens is 286 g/mol. The highest BCUT2D eigenvalue weighted by Crippen LogP contribution is 2.24. The molecule has 17 heavy (non-hydrogen) atoms. The quantitative estimate of drug-likeness (QED) is 0.913. The van der Waals surface area contributed by atoms with Crippen molar-refractivity contribution in [2.24, 2.45) is 0 Å². The molecule has 1 aromatic carbocycles. The van der Waals surface area contributed by atoms with Crippen LogP contribution < -0.4 is 5.32 Å². The molecule has 1 aliphatic heterocycles. The lowest BCUT2D eigenvalue weighted by Gasteiger charge is -2.15. The molecular formula is C12H12BrNO3. The Bertz CT molecular complexity index is 471. The molecule has 1 N–H and O–H groups in total. The molecule has 1 aromatic rings. The predicted octanol–water partition coefficient (Wildman–Crippen LogP) is 2.58. The van der Waals surface area contributed by atoms with Gasteiger partial charge in [0, 0.05) is 4.47 Å². The molecule has 5 heteroatoms. The van der Waals surface area contributed by atoms with E-state index in [0.717, 1.165) is 10.0 Å². The fourth-order valence-corrected chi connectivity index (χ4v) is 1.99. The number of nitrogens with one attached hydrogen (secondary N) is 1. The number of ether oxygens (including phenoxy) is 2. The van der Waals surface area contributed by atoms with Crippen LogP contribution in [-0.2, 0) is 14.3 Å². The Balaban J connectivity index is 2.10. The van der Waals surface area contributed by atoms with Crippen molar-refractivity contribution in [3.63, 3.8) is 0 Å². The molecule has 1 heterocycles. The molecule has 1 aliphatic rings. The number of amides is 1. The van der Waals surface area contributed by atoms with Crippen LogP contribution in [0.1, 0.15) is 5.56 Å². The average Bonchev–Trinajstić information content (AvgIpc) is 2.34. The summed E-state index contributed by atoms with van der Waals surface area (Å²) in [5, 5.41) is 2.75. The van der Waals surface area contributed by atoms with Crippen LogP contribution in [0.5, 0.6) is 0 Å². The summed E-state index contributed by atoms with van der Waals surface area (Å²) < 4.78 is 11.1. The Labute approximate surface area is 108 Å². The Hall–Kier alpha value is -1.49. The second kappa shape index (κ2) is 5.23. The first-order valence-corrected chi connectivity index (χ1v) is 5.98. The second-order valence-corrected chi connectivity index (χ2v) is 4.49. The number of carbonyl (C=O) groups excluding carboxylic acids is 1. The van der Waals surface area contributed by atoms with Gasteiger partial charge >= 0.3 is 0 Å². The van der Waals surface area contributed by atoms with Gasteiger partial charge in [0.1, 0.15) is 19.5 Å². The first kappa shape index (κ1) is 12.0. The van der Waals surface area contributed by atoms with Crippen LogP contribution in [0.25, 0.3) is 0 Å². The Morgan fingerprint density at radius 1 is 1.41 bits per heavy atom. The highest BCUT2D eigenvalue weighted by Gasteiger charge is 2.15. The van der Waals surface area contributed by atoms with E-state index in [1.807, 2.05) is 25.1 Å². The summed E-state index contributed by atoms with van der Waals surface area (Å²) in [6.07, 6.45) is 1.33. The normalized spacial score (nSPS) is 14.4. The molecule has 0 aliphatic carbocycles.